The van der Waals surface area contributed by atoms with Crippen LogP contribution in [0.3, 0.4) is 0 Å². The minimum absolute atomic E-state index is 0.0394. The third-order valence-electron chi connectivity index (χ3n) is 2.77. The van der Waals surface area contributed by atoms with Gasteiger partial charge in [-0.3, -0.25) is 0 Å². The van der Waals surface area contributed by atoms with Gasteiger partial charge in [0.2, 0.25) is 0 Å². The molecular weight excluding hydrogens is 259 g/mol. The van der Waals surface area contributed by atoms with Crippen molar-refractivity contribution in [1.82, 2.24) is 0 Å². The average molecular weight is 276 g/mol. The highest BCUT2D eigenvalue weighted by Gasteiger charge is 2.01. The van der Waals surface area contributed by atoms with Crippen molar-refractivity contribution in [1.29, 1.82) is 0 Å². The fraction of sp³-hybridized carbons (Fsp3) is 0.250. The highest BCUT2D eigenvalue weighted by molar-refractivity contribution is 5.32. The molecule has 2 aromatic carbocycles. The Morgan fingerprint density at radius 2 is 1.60 bits per heavy atom. The lowest BCUT2D eigenvalue weighted by Crippen LogP contribution is -2.06. The first-order valence-corrected chi connectivity index (χ1v) is 6.49. The van der Waals surface area contributed by atoms with Gasteiger partial charge in [-0.15, -0.1) is 0 Å². The van der Waals surface area contributed by atoms with Gasteiger partial charge in [0.25, 0.3) is 0 Å². The number of hydrogen-bond acceptors (Lipinski definition) is 3. The molecule has 0 saturated carbocycles. The molecule has 0 radical (unpaired) electrons. The molecule has 106 valence electrons. The van der Waals surface area contributed by atoms with E-state index in [1.54, 1.807) is 12.1 Å². The normalized spacial score (nSPS) is 10.3. The van der Waals surface area contributed by atoms with Crippen molar-refractivity contribution in [3.63, 3.8) is 0 Å². The van der Waals surface area contributed by atoms with Crippen LogP contribution in [0.25, 0.3) is 0 Å². The lowest BCUT2D eigenvalue weighted by Gasteiger charge is -2.10. The van der Waals surface area contributed by atoms with Gasteiger partial charge in [-0.05, 0) is 30.3 Å². The van der Waals surface area contributed by atoms with Crippen molar-refractivity contribution in [2.45, 2.75) is 13.0 Å². The first-order chi connectivity index (χ1) is 9.79. The van der Waals surface area contributed by atoms with Crippen molar-refractivity contribution in [2.24, 2.45) is 0 Å². The van der Waals surface area contributed by atoms with E-state index >= 15 is 0 Å². The molecule has 1 N–H and O–H groups in total. The summed E-state index contributed by atoms with van der Waals surface area (Å²) >= 11 is 0. The molecule has 0 atom stereocenters. The van der Waals surface area contributed by atoms with E-state index in [0.717, 1.165) is 5.56 Å². The molecule has 0 saturated heterocycles. The van der Waals surface area contributed by atoms with Crippen molar-refractivity contribution in [3.05, 3.63) is 59.9 Å². The Kier molecular flexibility index (Phi) is 5.38. The molecule has 0 aliphatic rings. The summed E-state index contributed by atoms with van der Waals surface area (Å²) in [6, 6.07) is 13.3. The molecule has 2 rings (SSSR count). The second kappa shape index (κ2) is 7.50. The van der Waals surface area contributed by atoms with Gasteiger partial charge < -0.3 is 14.6 Å². The lowest BCUT2D eigenvalue weighted by molar-refractivity contribution is 0.236. The van der Waals surface area contributed by atoms with Crippen molar-refractivity contribution < 1.29 is 19.0 Å². The highest BCUT2D eigenvalue weighted by Crippen LogP contribution is 2.18. The van der Waals surface area contributed by atoms with Crippen molar-refractivity contribution in [2.75, 3.05) is 13.2 Å². The largest absolute Gasteiger partial charge is 0.493 e. The Balaban J connectivity index is 1.70. The summed E-state index contributed by atoms with van der Waals surface area (Å²) in [5.74, 6) is 1.06. The first kappa shape index (κ1) is 14.3. The summed E-state index contributed by atoms with van der Waals surface area (Å²) < 4.78 is 23.7. The van der Waals surface area contributed by atoms with E-state index in [0.29, 0.717) is 31.1 Å². The fourth-order valence-corrected chi connectivity index (χ4v) is 1.74. The van der Waals surface area contributed by atoms with E-state index in [1.807, 2.05) is 24.3 Å². The first-order valence-electron chi connectivity index (χ1n) is 6.49. The maximum atomic E-state index is 12.7. The molecule has 0 bridgehead atoms. The molecule has 0 amide bonds. The zero-order valence-electron chi connectivity index (χ0n) is 11.1. The number of halogens is 1. The number of hydrogen-bond donors (Lipinski definition) is 1. The summed E-state index contributed by atoms with van der Waals surface area (Å²) in [5.41, 5.74) is 0.770. The Morgan fingerprint density at radius 1 is 0.900 bits per heavy atom. The van der Waals surface area contributed by atoms with Crippen LogP contribution >= 0.6 is 0 Å². The third kappa shape index (κ3) is 4.24. The number of benzene rings is 2. The van der Waals surface area contributed by atoms with Crippen LogP contribution in [0.2, 0.25) is 0 Å². The number of rotatable bonds is 7. The summed E-state index contributed by atoms with van der Waals surface area (Å²) in [5, 5.41) is 9.16. The Morgan fingerprint density at radius 3 is 2.35 bits per heavy atom. The molecular formula is C16H17FO3. The summed E-state index contributed by atoms with van der Waals surface area (Å²) in [6.45, 7) is 0.952. The van der Waals surface area contributed by atoms with E-state index < -0.39 is 0 Å². The van der Waals surface area contributed by atoms with E-state index in [1.165, 1.54) is 12.1 Å². The zero-order valence-corrected chi connectivity index (χ0v) is 11.1. The van der Waals surface area contributed by atoms with Crippen LogP contribution in [0, 0.1) is 5.82 Å². The van der Waals surface area contributed by atoms with E-state index in [2.05, 4.69) is 0 Å². The average Bonchev–Trinajstić information content (AvgIpc) is 2.49. The molecule has 0 aliphatic heterocycles. The van der Waals surface area contributed by atoms with Crippen molar-refractivity contribution >= 4 is 0 Å². The van der Waals surface area contributed by atoms with Crippen LogP contribution in [-0.2, 0) is 6.61 Å². The molecule has 0 heterocycles. The van der Waals surface area contributed by atoms with Gasteiger partial charge in [0.1, 0.15) is 17.3 Å². The molecule has 0 unspecified atom stereocenters. The summed E-state index contributed by atoms with van der Waals surface area (Å²) in [7, 11) is 0. The lowest BCUT2D eigenvalue weighted by atomic mass is 10.2. The van der Waals surface area contributed by atoms with Gasteiger partial charge in [-0.1, -0.05) is 18.2 Å². The van der Waals surface area contributed by atoms with E-state index in [9.17, 15) is 4.39 Å². The highest BCUT2D eigenvalue weighted by atomic mass is 19.1. The fourth-order valence-electron chi connectivity index (χ4n) is 1.74. The minimum Gasteiger partial charge on any atom is -0.493 e. The maximum Gasteiger partial charge on any atom is 0.124 e. The molecule has 20 heavy (non-hydrogen) atoms. The molecule has 3 nitrogen and oxygen atoms in total. The third-order valence-corrected chi connectivity index (χ3v) is 2.77. The second-order valence-electron chi connectivity index (χ2n) is 4.27. The summed E-state index contributed by atoms with van der Waals surface area (Å²) in [6.07, 6.45) is 0.705. The van der Waals surface area contributed by atoms with Gasteiger partial charge in [0.05, 0.1) is 19.8 Å². The maximum absolute atomic E-state index is 12.7. The van der Waals surface area contributed by atoms with Crippen LogP contribution in [-0.4, -0.2) is 18.3 Å². The van der Waals surface area contributed by atoms with Crippen LogP contribution in [0.15, 0.2) is 48.5 Å². The minimum atomic E-state index is -0.277. The number of para-hydroxylation sites is 1. The van der Waals surface area contributed by atoms with Crippen LogP contribution in [0.5, 0.6) is 11.5 Å². The van der Waals surface area contributed by atoms with Crippen LogP contribution in [0.1, 0.15) is 12.0 Å². The van der Waals surface area contributed by atoms with Gasteiger partial charge in [-0.2, -0.15) is 0 Å². The monoisotopic (exact) mass is 276 g/mol. The molecule has 4 heteroatoms. The topological polar surface area (TPSA) is 38.7 Å². The SMILES string of the molecule is OCc1ccccc1OCCCOc1ccc(F)cc1. The molecule has 2 aromatic rings. The summed E-state index contributed by atoms with van der Waals surface area (Å²) in [4.78, 5) is 0. The predicted molar refractivity (Wildman–Crippen MR) is 74.4 cm³/mol. The Labute approximate surface area is 117 Å². The molecule has 0 fully saturated rings. The zero-order chi connectivity index (χ0) is 14.2. The van der Waals surface area contributed by atoms with Gasteiger partial charge in [-0.25, -0.2) is 4.39 Å². The standard InChI is InChI=1S/C16H17FO3/c17-14-6-8-15(9-7-14)19-10-3-11-20-16-5-2-1-4-13(16)12-18/h1-2,4-9,18H,3,10-12H2. The van der Waals surface area contributed by atoms with E-state index in [-0.39, 0.29) is 12.4 Å². The Bertz CT molecular complexity index is 526. The van der Waals surface area contributed by atoms with E-state index in [4.69, 9.17) is 14.6 Å². The van der Waals surface area contributed by atoms with Crippen molar-refractivity contribution in [3.8, 4) is 11.5 Å². The predicted octanol–water partition coefficient (Wildman–Crippen LogP) is 3.17. The van der Waals surface area contributed by atoms with Crippen LogP contribution in [0.4, 0.5) is 4.39 Å². The smallest absolute Gasteiger partial charge is 0.124 e. The van der Waals surface area contributed by atoms with Gasteiger partial charge >= 0.3 is 0 Å². The van der Waals surface area contributed by atoms with Crippen LogP contribution < -0.4 is 9.47 Å². The number of aliphatic hydroxyl groups is 1. The van der Waals surface area contributed by atoms with Gasteiger partial charge in [0.15, 0.2) is 0 Å². The van der Waals surface area contributed by atoms with Gasteiger partial charge in [0, 0.05) is 12.0 Å². The number of aliphatic hydroxyl groups excluding tert-OH is 1. The second-order valence-corrected chi connectivity index (χ2v) is 4.27. The molecule has 0 aromatic heterocycles. The quantitative estimate of drug-likeness (QED) is 0.789. The molecule has 0 aliphatic carbocycles. The number of ether oxygens (including phenoxy) is 2. The Hall–Kier alpha value is -2.07. The molecule has 0 spiro atoms.